The van der Waals surface area contributed by atoms with Crippen molar-refractivity contribution < 1.29 is 9.52 Å². The Balaban J connectivity index is 1.69. The van der Waals surface area contributed by atoms with Crippen LogP contribution in [0.2, 0.25) is 0 Å². The first-order valence-corrected chi connectivity index (χ1v) is 6.78. The number of furan rings is 1. The van der Waals surface area contributed by atoms with Crippen LogP contribution < -0.4 is 0 Å². The number of thiazole rings is 1. The molecule has 1 N–H and O–H groups in total. The summed E-state index contributed by atoms with van der Waals surface area (Å²) in [6.07, 6.45) is 2.91. The second-order valence-electron chi connectivity index (χ2n) is 4.71. The summed E-state index contributed by atoms with van der Waals surface area (Å²) in [5, 5.41) is 12.9. The van der Waals surface area contributed by atoms with Crippen LogP contribution in [0.3, 0.4) is 0 Å². The Morgan fingerprint density at radius 3 is 3.06 bits per heavy atom. The molecule has 0 radical (unpaired) electrons. The van der Waals surface area contributed by atoms with Crippen molar-refractivity contribution >= 4 is 11.3 Å². The highest BCUT2D eigenvalue weighted by atomic mass is 32.1. The van der Waals surface area contributed by atoms with Crippen LogP contribution in [0.5, 0.6) is 0 Å². The monoisotopic (exact) mass is 249 g/mol. The Labute approximate surface area is 104 Å². The quantitative estimate of drug-likeness (QED) is 0.905. The lowest BCUT2D eigenvalue weighted by molar-refractivity contribution is 0.148. The molecule has 3 rings (SSSR count). The van der Waals surface area contributed by atoms with Gasteiger partial charge in [0.05, 0.1) is 5.01 Å². The summed E-state index contributed by atoms with van der Waals surface area (Å²) in [4.78, 5) is 4.16. The SMILES string of the molecule is CC1CC1c1ccc(C(O)Cc2nccs2)o1. The largest absolute Gasteiger partial charge is 0.463 e. The number of aliphatic hydroxyl groups is 1. The van der Waals surface area contributed by atoms with Crippen molar-refractivity contribution in [1.29, 1.82) is 0 Å². The Hall–Kier alpha value is -1.13. The van der Waals surface area contributed by atoms with Crippen molar-refractivity contribution in [3.63, 3.8) is 0 Å². The van der Waals surface area contributed by atoms with E-state index in [2.05, 4.69) is 11.9 Å². The molecule has 90 valence electrons. The van der Waals surface area contributed by atoms with E-state index in [9.17, 15) is 5.11 Å². The van der Waals surface area contributed by atoms with Crippen LogP contribution >= 0.6 is 11.3 Å². The van der Waals surface area contributed by atoms with E-state index < -0.39 is 6.10 Å². The maximum absolute atomic E-state index is 10.0. The van der Waals surface area contributed by atoms with Crippen LogP contribution in [0.1, 0.15) is 41.9 Å². The molecule has 1 fully saturated rings. The van der Waals surface area contributed by atoms with Crippen LogP contribution in [0.15, 0.2) is 28.1 Å². The molecule has 2 heterocycles. The molecule has 2 aromatic rings. The first-order chi connectivity index (χ1) is 8.24. The molecule has 0 aromatic carbocycles. The third kappa shape index (κ3) is 2.28. The summed E-state index contributed by atoms with van der Waals surface area (Å²) in [6.45, 7) is 2.22. The van der Waals surface area contributed by atoms with E-state index >= 15 is 0 Å². The highest BCUT2D eigenvalue weighted by Gasteiger charge is 2.36. The third-order valence-corrected chi connectivity index (χ3v) is 4.10. The molecule has 0 bridgehead atoms. The molecular formula is C13H15NO2S. The van der Waals surface area contributed by atoms with Crippen LogP contribution in [0, 0.1) is 5.92 Å². The van der Waals surface area contributed by atoms with Gasteiger partial charge in [-0.2, -0.15) is 0 Å². The number of hydrogen-bond acceptors (Lipinski definition) is 4. The maximum atomic E-state index is 10.0. The van der Waals surface area contributed by atoms with E-state index in [-0.39, 0.29) is 0 Å². The molecule has 1 saturated carbocycles. The predicted molar refractivity (Wildman–Crippen MR) is 66.0 cm³/mol. The van der Waals surface area contributed by atoms with Crippen LogP contribution in [0.4, 0.5) is 0 Å². The van der Waals surface area contributed by atoms with Crippen LogP contribution in [-0.4, -0.2) is 10.1 Å². The van der Waals surface area contributed by atoms with E-state index in [0.29, 0.717) is 18.1 Å². The fourth-order valence-corrected chi connectivity index (χ4v) is 2.74. The average Bonchev–Trinajstić information content (AvgIpc) is 2.79. The molecule has 3 atom stereocenters. The van der Waals surface area contributed by atoms with Gasteiger partial charge in [0.2, 0.25) is 0 Å². The van der Waals surface area contributed by atoms with E-state index in [0.717, 1.165) is 16.7 Å². The van der Waals surface area contributed by atoms with Gasteiger partial charge >= 0.3 is 0 Å². The van der Waals surface area contributed by atoms with Crippen molar-refractivity contribution in [3.05, 3.63) is 40.2 Å². The Morgan fingerprint density at radius 2 is 2.41 bits per heavy atom. The number of aliphatic hydroxyl groups excluding tert-OH is 1. The highest BCUT2D eigenvalue weighted by molar-refractivity contribution is 7.09. The molecule has 3 unspecified atom stereocenters. The van der Waals surface area contributed by atoms with Gasteiger partial charge in [-0.3, -0.25) is 0 Å². The summed E-state index contributed by atoms with van der Waals surface area (Å²) < 4.78 is 5.72. The van der Waals surface area contributed by atoms with Gasteiger partial charge in [-0.25, -0.2) is 4.98 Å². The normalized spacial score (nSPS) is 24.8. The molecule has 0 amide bonds. The molecule has 2 aromatic heterocycles. The first kappa shape index (κ1) is 11.0. The standard InChI is InChI=1S/C13H15NO2S/c1-8-6-9(8)11-2-3-12(16-11)10(15)7-13-14-4-5-17-13/h2-5,8-10,15H,6-7H2,1H3. The van der Waals surface area contributed by atoms with Gasteiger partial charge in [0.15, 0.2) is 0 Å². The Morgan fingerprint density at radius 1 is 1.59 bits per heavy atom. The Kier molecular flexibility index (Phi) is 2.76. The summed E-state index contributed by atoms with van der Waals surface area (Å²) >= 11 is 1.56. The zero-order valence-electron chi connectivity index (χ0n) is 9.67. The van der Waals surface area contributed by atoms with Gasteiger partial charge in [0, 0.05) is 23.9 Å². The van der Waals surface area contributed by atoms with Crippen molar-refractivity contribution in [2.45, 2.75) is 31.8 Å². The van der Waals surface area contributed by atoms with Gasteiger partial charge in [0.1, 0.15) is 17.6 Å². The molecule has 3 nitrogen and oxygen atoms in total. The van der Waals surface area contributed by atoms with Gasteiger partial charge < -0.3 is 9.52 Å². The molecule has 1 aliphatic rings. The first-order valence-electron chi connectivity index (χ1n) is 5.90. The van der Waals surface area contributed by atoms with E-state index in [4.69, 9.17) is 4.42 Å². The van der Waals surface area contributed by atoms with Gasteiger partial charge in [-0.1, -0.05) is 6.92 Å². The lowest BCUT2D eigenvalue weighted by Gasteiger charge is -2.04. The van der Waals surface area contributed by atoms with Gasteiger partial charge in [0.25, 0.3) is 0 Å². The lowest BCUT2D eigenvalue weighted by Crippen LogP contribution is -1.99. The van der Waals surface area contributed by atoms with Crippen molar-refractivity contribution in [1.82, 2.24) is 4.98 Å². The topological polar surface area (TPSA) is 46.3 Å². The molecular weight excluding hydrogens is 234 g/mol. The summed E-state index contributed by atoms with van der Waals surface area (Å²) in [6, 6.07) is 3.88. The minimum atomic E-state index is -0.580. The zero-order valence-corrected chi connectivity index (χ0v) is 10.5. The van der Waals surface area contributed by atoms with Gasteiger partial charge in [-0.15, -0.1) is 11.3 Å². The summed E-state index contributed by atoms with van der Waals surface area (Å²) in [7, 11) is 0. The molecule has 0 aliphatic heterocycles. The number of nitrogens with zero attached hydrogens (tertiary/aromatic N) is 1. The van der Waals surface area contributed by atoms with Crippen molar-refractivity contribution in [3.8, 4) is 0 Å². The minimum absolute atomic E-state index is 0.533. The van der Waals surface area contributed by atoms with Crippen LogP contribution in [0.25, 0.3) is 0 Å². The molecule has 17 heavy (non-hydrogen) atoms. The molecule has 1 aliphatic carbocycles. The fraction of sp³-hybridized carbons (Fsp3) is 0.462. The second kappa shape index (κ2) is 4.27. The third-order valence-electron chi connectivity index (χ3n) is 3.30. The van der Waals surface area contributed by atoms with Crippen LogP contribution in [-0.2, 0) is 6.42 Å². The Bertz CT molecular complexity index is 491. The average molecular weight is 249 g/mol. The smallest absolute Gasteiger partial charge is 0.133 e. The number of aromatic nitrogens is 1. The predicted octanol–water partition coefficient (Wildman–Crippen LogP) is 3.14. The van der Waals surface area contributed by atoms with E-state index in [1.54, 1.807) is 17.5 Å². The molecule has 0 saturated heterocycles. The van der Waals surface area contributed by atoms with E-state index in [1.807, 2.05) is 17.5 Å². The fourth-order valence-electron chi connectivity index (χ4n) is 2.09. The number of hydrogen-bond donors (Lipinski definition) is 1. The highest BCUT2D eigenvalue weighted by Crippen LogP contribution is 2.47. The van der Waals surface area contributed by atoms with Crippen molar-refractivity contribution in [2.75, 3.05) is 0 Å². The lowest BCUT2D eigenvalue weighted by atomic mass is 10.2. The second-order valence-corrected chi connectivity index (χ2v) is 5.68. The molecule has 4 heteroatoms. The van der Waals surface area contributed by atoms with Crippen molar-refractivity contribution in [2.24, 2.45) is 5.92 Å². The van der Waals surface area contributed by atoms with Gasteiger partial charge in [-0.05, 0) is 24.5 Å². The minimum Gasteiger partial charge on any atom is -0.463 e. The van der Waals surface area contributed by atoms with E-state index in [1.165, 1.54) is 6.42 Å². The zero-order chi connectivity index (χ0) is 11.8. The molecule has 0 spiro atoms. The summed E-state index contributed by atoms with van der Waals surface area (Å²) in [5.41, 5.74) is 0. The summed E-state index contributed by atoms with van der Waals surface area (Å²) in [5.74, 6) is 2.97. The number of rotatable bonds is 4. The maximum Gasteiger partial charge on any atom is 0.133 e.